The van der Waals surface area contributed by atoms with Gasteiger partial charge in [-0.3, -0.25) is 0 Å². The van der Waals surface area contributed by atoms with Crippen LogP contribution in [0.25, 0.3) is 0 Å². The first-order valence-corrected chi connectivity index (χ1v) is 6.60. The van der Waals surface area contributed by atoms with E-state index in [0.29, 0.717) is 0 Å². The summed E-state index contributed by atoms with van der Waals surface area (Å²) in [5, 5.41) is 8.56. The number of rotatable bonds is 10. The van der Waals surface area contributed by atoms with E-state index in [1.54, 1.807) is 0 Å². The lowest BCUT2D eigenvalue weighted by Gasteiger charge is -2.14. The summed E-state index contributed by atoms with van der Waals surface area (Å²) in [4.78, 5) is 10.4. The monoisotopic (exact) mass is 230 g/mol. The maximum absolute atomic E-state index is 10.4. The van der Waals surface area contributed by atoms with Crippen molar-refractivity contribution in [3.63, 3.8) is 0 Å². The zero-order valence-corrected chi connectivity index (χ0v) is 10.7. The van der Waals surface area contributed by atoms with Crippen molar-refractivity contribution in [2.24, 2.45) is 0 Å². The van der Waals surface area contributed by atoms with Gasteiger partial charge in [-0.05, 0) is 19.3 Å². The maximum Gasteiger partial charge on any atom is 0.506 e. The van der Waals surface area contributed by atoms with Gasteiger partial charge in [-0.25, -0.2) is 4.79 Å². The fourth-order valence-electron chi connectivity index (χ4n) is 1.88. The molecule has 3 heteroatoms. The molecular formula is C13H26O3. The van der Waals surface area contributed by atoms with Crippen molar-refractivity contribution in [2.45, 2.75) is 77.7 Å². The summed E-state index contributed by atoms with van der Waals surface area (Å²) in [5.74, 6) is 0. The van der Waals surface area contributed by atoms with Crippen LogP contribution in [0.1, 0.15) is 71.6 Å². The van der Waals surface area contributed by atoms with E-state index in [4.69, 9.17) is 9.84 Å². The first-order chi connectivity index (χ1) is 7.70. The third-order valence-electron chi connectivity index (χ3n) is 2.76. The second-order valence-corrected chi connectivity index (χ2v) is 4.35. The van der Waals surface area contributed by atoms with Gasteiger partial charge in [0.05, 0.1) is 0 Å². The Balaban J connectivity index is 3.47. The standard InChI is InChI=1S/C13H26O3/c1-3-5-6-7-8-9-11-12(10-4-2)16-13(14)15/h12H,3-11H2,1-2H3,(H,14,15). The number of carbonyl (C=O) groups is 1. The van der Waals surface area contributed by atoms with Crippen molar-refractivity contribution in [1.29, 1.82) is 0 Å². The second-order valence-electron chi connectivity index (χ2n) is 4.35. The van der Waals surface area contributed by atoms with Crippen molar-refractivity contribution in [2.75, 3.05) is 0 Å². The Morgan fingerprint density at radius 3 is 2.19 bits per heavy atom. The first-order valence-electron chi connectivity index (χ1n) is 6.60. The molecule has 0 fully saturated rings. The lowest BCUT2D eigenvalue weighted by atomic mass is 10.0. The molecule has 0 rings (SSSR count). The van der Waals surface area contributed by atoms with E-state index >= 15 is 0 Å². The highest BCUT2D eigenvalue weighted by Gasteiger charge is 2.11. The Labute approximate surface area is 99.2 Å². The predicted molar refractivity (Wildman–Crippen MR) is 65.8 cm³/mol. The number of hydrogen-bond donors (Lipinski definition) is 1. The minimum atomic E-state index is -1.13. The Bertz CT molecular complexity index is 169. The highest BCUT2D eigenvalue weighted by atomic mass is 16.7. The normalized spacial score (nSPS) is 12.4. The molecular weight excluding hydrogens is 204 g/mol. The van der Waals surface area contributed by atoms with Crippen LogP contribution < -0.4 is 0 Å². The molecule has 0 aliphatic rings. The summed E-state index contributed by atoms with van der Waals surface area (Å²) in [6.45, 7) is 4.26. The molecule has 96 valence electrons. The lowest BCUT2D eigenvalue weighted by molar-refractivity contribution is 0.0431. The van der Waals surface area contributed by atoms with E-state index < -0.39 is 6.16 Å². The zero-order valence-electron chi connectivity index (χ0n) is 10.7. The minimum absolute atomic E-state index is 0.0892. The summed E-state index contributed by atoms with van der Waals surface area (Å²) in [6.07, 6.45) is 8.91. The third-order valence-corrected chi connectivity index (χ3v) is 2.76. The molecule has 0 aromatic carbocycles. The van der Waals surface area contributed by atoms with Crippen LogP contribution in [0.15, 0.2) is 0 Å². The van der Waals surface area contributed by atoms with Crippen LogP contribution in [0.2, 0.25) is 0 Å². The molecule has 0 radical (unpaired) electrons. The van der Waals surface area contributed by atoms with E-state index in [0.717, 1.165) is 25.7 Å². The lowest BCUT2D eigenvalue weighted by Crippen LogP contribution is -2.16. The minimum Gasteiger partial charge on any atom is -0.450 e. The fourth-order valence-corrected chi connectivity index (χ4v) is 1.88. The SMILES string of the molecule is CCCCCCCCC(CCC)OC(=O)O. The number of unbranched alkanes of at least 4 members (excludes halogenated alkanes) is 5. The van der Waals surface area contributed by atoms with Gasteiger partial charge in [0, 0.05) is 0 Å². The van der Waals surface area contributed by atoms with Gasteiger partial charge in [0.1, 0.15) is 6.10 Å². The quantitative estimate of drug-likeness (QED) is 0.440. The Kier molecular flexibility index (Phi) is 10.3. The highest BCUT2D eigenvalue weighted by molar-refractivity contribution is 5.57. The van der Waals surface area contributed by atoms with Crippen LogP contribution in [-0.4, -0.2) is 17.4 Å². The van der Waals surface area contributed by atoms with Gasteiger partial charge < -0.3 is 9.84 Å². The van der Waals surface area contributed by atoms with E-state index in [1.807, 2.05) is 0 Å². The molecule has 0 saturated heterocycles. The smallest absolute Gasteiger partial charge is 0.450 e. The summed E-state index contributed by atoms with van der Waals surface area (Å²) < 4.78 is 4.84. The largest absolute Gasteiger partial charge is 0.506 e. The molecule has 3 nitrogen and oxygen atoms in total. The third kappa shape index (κ3) is 9.81. The van der Waals surface area contributed by atoms with Crippen molar-refractivity contribution >= 4 is 6.16 Å². The molecule has 0 heterocycles. The summed E-state index contributed by atoms with van der Waals surface area (Å²) in [7, 11) is 0. The summed E-state index contributed by atoms with van der Waals surface area (Å²) >= 11 is 0. The van der Waals surface area contributed by atoms with Crippen molar-refractivity contribution in [3.8, 4) is 0 Å². The molecule has 1 N–H and O–H groups in total. The molecule has 0 amide bonds. The van der Waals surface area contributed by atoms with Crippen LogP contribution >= 0.6 is 0 Å². The molecule has 0 spiro atoms. The molecule has 1 atom stereocenters. The number of hydrogen-bond acceptors (Lipinski definition) is 2. The van der Waals surface area contributed by atoms with Crippen LogP contribution in [0.4, 0.5) is 4.79 Å². The first kappa shape index (κ1) is 15.3. The van der Waals surface area contributed by atoms with Gasteiger partial charge in [-0.2, -0.15) is 0 Å². The molecule has 0 aromatic rings. The Morgan fingerprint density at radius 2 is 1.62 bits per heavy atom. The van der Waals surface area contributed by atoms with E-state index in [9.17, 15) is 4.79 Å². The predicted octanol–water partition coefficient (Wildman–Crippen LogP) is 4.60. The molecule has 16 heavy (non-hydrogen) atoms. The van der Waals surface area contributed by atoms with Crippen LogP contribution in [0.5, 0.6) is 0 Å². The maximum atomic E-state index is 10.4. The van der Waals surface area contributed by atoms with Gasteiger partial charge in [0.15, 0.2) is 0 Å². The highest BCUT2D eigenvalue weighted by Crippen LogP contribution is 2.14. The van der Waals surface area contributed by atoms with Crippen molar-refractivity contribution in [3.05, 3.63) is 0 Å². The van der Waals surface area contributed by atoms with Gasteiger partial charge in [-0.15, -0.1) is 0 Å². The average molecular weight is 230 g/mol. The molecule has 0 aliphatic heterocycles. The molecule has 0 bridgehead atoms. The fraction of sp³-hybridized carbons (Fsp3) is 0.923. The van der Waals surface area contributed by atoms with Gasteiger partial charge >= 0.3 is 6.16 Å². The summed E-state index contributed by atoms with van der Waals surface area (Å²) in [6, 6.07) is 0. The molecule has 0 saturated carbocycles. The van der Waals surface area contributed by atoms with Crippen LogP contribution in [0, 0.1) is 0 Å². The van der Waals surface area contributed by atoms with Gasteiger partial charge in [0.2, 0.25) is 0 Å². The van der Waals surface area contributed by atoms with E-state index in [-0.39, 0.29) is 6.10 Å². The average Bonchev–Trinajstić information content (AvgIpc) is 2.22. The van der Waals surface area contributed by atoms with Gasteiger partial charge in [-0.1, -0.05) is 52.4 Å². The zero-order chi connectivity index (χ0) is 12.2. The topological polar surface area (TPSA) is 46.5 Å². The van der Waals surface area contributed by atoms with E-state index in [2.05, 4.69) is 13.8 Å². The van der Waals surface area contributed by atoms with E-state index in [1.165, 1.54) is 32.1 Å². The molecule has 1 unspecified atom stereocenters. The molecule has 0 aromatic heterocycles. The molecule has 0 aliphatic carbocycles. The summed E-state index contributed by atoms with van der Waals surface area (Å²) in [5.41, 5.74) is 0. The second kappa shape index (κ2) is 10.8. The van der Waals surface area contributed by atoms with Crippen molar-refractivity contribution < 1.29 is 14.6 Å². The Morgan fingerprint density at radius 1 is 1.00 bits per heavy atom. The number of carboxylic acid groups (broad SMARTS) is 1. The number of ether oxygens (including phenoxy) is 1. The van der Waals surface area contributed by atoms with Crippen LogP contribution in [-0.2, 0) is 4.74 Å². The Hall–Kier alpha value is -0.730. The van der Waals surface area contributed by atoms with Crippen molar-refractivity contribution in [1.82, 2.24) is 0 Å². The van der Waals surface area contributed by atoms with Crippen LogP contribution in [0.3, 0.4) is 0 Å². The van der Waals surface area contributed by atoms with Gasteiger partial charge in [0.25, 0.3) is 0 Å².